The molecule has 0 aliphatic carbocycles. The van der Waals surface area contributed by atoms with Crippen molar-refractivity contribution in [1.82, 2.24) is 14.7 Å². The van der Waals surface area contributed by atoms with Crippen LogP contribution in [0.2, 0.25) is 0 Å². The molecule has 9 heteroatoms. The molecule has 2 N–H and O–H groups in total. The summed E-state index contributed by atoms with van der Waals surface area (Å²) >= 11 is 0. The van der Waals surface area contributed by atoms with Gasteiger partial charge in [0.05, 0.1) is 5.69 Å². The van der Waals surface area contributed by atoms with Crippen LogP contribution in [0.25, 0.3) is 11.3 Å². The molecule has 0 atom stereocenters. The number of hydrogen-bond acceptors (Lipinski definition) is 5. The lowest BCUT2D eigenvalue weighted by atomic mass is 10.0. The number of aromatic nitrogens is 2. The number of hydrogen-bond donors (Lipinski definition) is 1. The highest BCUT2D eigenvalue weighted by molar-refractivity contribution is 5.85. The predicted molar refractivity (Wildman–Crippen MR) is 150 cm³/mol. The van der Waals surface area contributed by atoms with Gasteiger partial charge in [-0.1, -0.05) is 44.2 Å². The number of nitrogens with zero attached hydrogens (tertiary/aromatic N) is 4. The van der Waals surface area contributed by atoms with Crippen molar-refractivity contribution in [3.8, 4) is 11.3 Å². The van der Waals surface area contributed by atoms with Gasteiger partial charge < -0.3 is 10.6 Å². The monoisotopic (exact) mass is 535 g/mol. The zero-order valence-electron chi connectivity index (χ0n) is 21.1. The van der Waals surface area contributed by atoms with Gasteiger partial charge in [-0.05, 0) is 36.6 Å². The average molecular weight is 537 g/mol. The molecule has 1 aromatic heterocycles. The zero-order valence-corrected chi connectivity index (χ0v) is 22.7. The minimum atomic E-state index is -0.325. The van der Waals surface area contributed by atoms with Crippen molar-refractivity contribution in [3.05, 3.63) is 81.4 Å². The minimum Gasteiger partial charge on any atom is -0.364 e. The lowest BCUT2D eigenvalue weighted by Gasteiger charge is -2.36. The van der Waals surface area contributed by atoms with Crippen LogP contribution in [0, 0.1) is 18.7 Å². The fourth-order valence-corrected chi connectivity index (χ4v) is 4.60. The summed E-state index contributed by atoms with van der Waals surface area (Å²) in [6.45, 7) is 10.9. The van der Waals surface area contributed by atoms with Crippen LogP contribution in [-0.4, -0.2) is 40.9 Å². The standard InChI is InChI=1S/C27H34FN5O.2ClH/c1-19(2)17-33-27(34)26(20(3)25(30-33)22-9-10-24(28)23(15-22)16-29)32-13-11-31(12-14-32)18-21-7-5-4-6-8-21;;/h4-10,15,19H,11-14,16-18,29H2,1-3H3;2*1H. The molecule has 0 radical (unpaired) electrons. The normalized spacial score (nSPS) is 13.9. The van der Waals surface area contributed by atoms with Crippen LogP contribution in [0.15, 0.2) is 53.3 Å². The molecular weight excluding hydrogens is 500 g/mol. The minimum absolute atomic E-state index is 0. The Morgan fingerprint density at radius 1 is 1.03 bits per heavy atom. The van der Waals surface area contributed by atoms with Gasteiger partial charge in [0.15, 0.2) is 0 Å². The van der Waals surface area contributed by atoms with Crippen LogP contribution in [0.3, 0.4) is 0 Å². The van der Waals surface area contributed by atoms with Crippen molar-refractivity contribution in [2.75, 3.05) is 31.1 Å². The van der Waals surface area contributed by atoms with E-state index in [2.05, 4.69) is 47.9 Å². The summed E-state index contributed by atoms with van der Waals surface area (Å²) in [5.41, 5.74) is 10.4. The Morgan fingerprint density at radius 3 is 2.31 bits per heavy atom. The highest BCUT2D eigenvalue weighted by Crippen LogP contribution is 2.28. The maximum absolute atomic E-state index is 14.1. The van der Waals surface area contributed by atoms with E-state index in [4.69, 9.17) is 10.8 Å². The van der Waals surface area contributed by atoms with Crippen LogP contribution >= 0.6 is 24.8 Å². The SMILES string of the molecule is Cc1c(-c2ccc(F)c(CN)c2)nn(CC(C)C)c(=O)c1N1CCN(Cc2ccccc2)CC1.Cl.Cl. The van der Waals surface area contributed by atoms with Gasteiger partial charge in [0.25, 0.3) is 5.56 Å². The van der Waals surface area contributed by atoms with Crippen LogP contribution in [-0.2, 0) is 19.6 Å². The molecule has 0 spiro atoms. The quantitative estimate of drug-likeness (QED) is 0.477. The van der Waals surface area contributed by atoms with E-state index in [9.17, 15) is 9.18 Å². The van der Waals surface area contributed by atoms with Gasteiger partial charge in [0.1, 0.15) is 11.5 Å². The van der Waals surface area contributed by atoms with Crippen molar-refractivity contribution in [2.24, 2.45) is 11.7 Å². The molecule has 1 aliphatic heterocycles. The Balaban J connectivity index is 0.00000228. The number of anilines is 1. The number of rotatable bonds is 7. The molecule has 0 amide bonds. The highest BCUT2D eigenvalue weighted by Gasteiger charge is 2.25. The summed E-state index contributed by atoms with van der Waals surface area (Å²) in [4.78, 5) is 18.1. The fourth-order valence-electron chi connectivity index (χ4n) is 4.60. The van der Waals surface area contributed by atoms with E-state index < -0.39 is 0 Å². The number of benzene rings is 2. The number of piperazine rings is 1. The first-order valence-electron chi connectivity index (χ1n) is 12.0. The molecular formula is C27H36Cl2FN5O. The Bertz CT molecular complexity index is 1190. The van der Waals surface area contributed by atoms with Gasteiger partial charge in [-0.2, -0.15) is 5.10 Å². The summed E-state index contributed by atoms with van der Waals surface area (Å²) in [6, 6.07) is 15.4. The van der Waals surface area contributed by atoms with E-state index in [0.29, 0.717) is 23.5 Å². The van der Waals surface area contributed by atoms with E-state index in [1.54, 1.807) is 16.8 Å². The number of nitrogens with two attached hydrogens (primary N) is 1. The second kappa shape index (κ2) is 13.2. The van der Waals surface area contributed by atoms with Gasteiger partial charge in [0.2, 0.25) is 0 Å². The summed E-state index contributed by atoms with van der Waals surface area (Å²) in [7, 11) is 0. The molecule has 0 bridgehead atoms. The third-order valence-corrected chi connectivity index (χ3v) is 6.38. The van der Waals surface area contributed by atoms with Crippen molar-refractivity contribution in [1.29, 1.82) is 0 Å². The smallest absolute Gasteiger partial charge is 0.290 e. The van der Waals surface area contributed by atoms with Crippen LogP contribution in [0.4, 0.5) is 10.1 Å². The molecule has 6 nitrogen and oxygen atoms in total. The van der Waals surface area contributed by atoms with E-state index in [0.717, 1.165) is 43.9 Å². The molecule has 0 saturated carbocycles. The summed E-state index contributed by atoms with van der Waals surface area (Å²) in [5, 5.41) is 4.72. The summed E-state index contributed by atoms with van der Waals surface area (Å²) in [5.74, 6) is -0.0571. The van der Waals surface area contributed by atoms with E-state index >= 15 is 0 Å². The van der Waals surface area contributed by atoms with Gasteiger partial charge in [-0.15, -0.1) is 24.8 Å². The molecule has 36 heavy (non-hydrogen) atoms. The molecule has 196 valence electrons. The molecule has 3 aromatic rings. The molecule has 1 fully saturated rings. The van der Waals surface area contributed by atoms with Gasteiger partial charge in [0, 0.05) is 62.5 Å². The Morgan fingerprint density at radius 2 is 1.69 bits per heavy atom. The van der Waals surface area contributed by atoms with Crippen LogP contribution in [0.5, 0.6) is 0 Å². The Hall–Kier alpha value is -2.45. The van der Waals surface area contributed by atoms with Crippen molar-refractivity contribution < 1.29 is 4.39 Å². The van der Waals surface area contributed by atoms with Crippen molar-refractivity contribution in [2.45, 2.75) is 40.4 Å². The molecule has 0 unspecified atom stereocenters. The van der Waals surface area contributed by atoms with Gasteiger partial charge >= 0.3 is 0 Å². The Labute approximate surface area is 225 Å². The lowest BCUT2D eigenvalue weighted by molar-refractivity contribution is 0.249. The third-order valence-electron chi connectivity index (χ3n) is 6.38. The van der Waals surface area contributed by atoms with Crippen molar-refractivity contribution >= 4 is 30.5 Å². The first kappa shape index (κ1) is 29.8. The Kier molecular flexibility index (Phi) is 10.9. The molecule has 1 aliphatic rings. The lowest BCUT2D eigenvalue weighted by Crippen LogP contribution is -2.48. The number of halogens is 3. The first-order valence-corrected chi connectivity index (χ1v) is 12.0. The van der Waals surface area contributed by atoms with Crippen LogP contribution in [0.1, 0.15) is 30.5 Å². The molecule has 2 aromatic carbocycles. The van der Waals surface area contributed by atoms with Crippen LogP contribution < -0.4 is 16.2 Å². The van der Waals surface area contributed by atoms with E-state index in [1.165, 1.54) is 11.6 Å². The summed E-state index contributed by atoms with van der Waals surface area (Å²) in [6.07, 6.45) is 0. The zero-order chi connectivity index (χ0) is 24.2. The largest absolute Gasteiger partial charge is 0.364 e. The average Bonchev–Trinajstić information content (AvgIpc) is 2.83. The maximum Gasteiger partial charge on any atom is 0.290 e. The van der Waals surface area contributed by atoms with Gasteiger partial charge in [-0.3, -0.25) is 9.69 Å². The molecule has 2 heterocycles. The summed E-state index contributed by atoms with van der Waals surface area (Å²) < 4.78 is 15.7. The van der Waals surface area contributed by atoms with E-state index in [1.807, 2.05) is 13.0 Å². The van der Waals surface area contributed by atoms with E-state index in [-0.39, 0.29) is 48.7 Å². The fraction of sp³-hybridized carbons (Fsp3) is 0.407. The topological polar surface area (TPSA) is 67.4 Å². The second-order valence-electron chi connectivity index (χ2n) is 9.46. The van der Waals surface area contributed by atoms with Gasteiger partial charge in [-0.25, -0.2) is 9.07 Å². The van der Waals surface area contributed by atoms with Crippen molar-refractivity contribution in [3.63, 3.8) is 0 Å². The molecule has 4 rings (SSSR count). The highest BCUT2D eigenvalue weighted by atomic mass is 35.5. The molecule has 1 saturated heterocycles. The maximum atomic E-state index is 14.1. The third kappa shape index (κ3) is 6.65. The predicted octanol–water partition coefficient (Wildman–Crippen LogP) is 4.64. The second-order valence-corrected chi connectivity index (χ2v) is 9.46. The first-order chi connectivity index (χ1) is 16.4.